The molecule has 0 aliphatic rings. The minimum Gasteiger partial charge on any atom is -0.496 e. The van der Waals surface area contributed by atoms with Gasteiger partial charge < -0.3 is 31.2 Å². The third kappa shape index (κ3) is 6.23. The average Bonchev–Trinajstić information content (AvgIpc) is 3.20. The number of ether oxygens (including phenoxy) is 2. The van der Waals surface area contributed by atoms with E-state index in [4.69, 9.17) is 26.0 Å². The number of nitrogens with two attached hydrogens (primary N) is 2. The highest BCUT2D eigenvalue weighted by Gasteiger charge is 2.17. The van der Waals surface area contributed by atoms with Crippen molar-refractivity contribution < 1.29 is 9.47 Å². The van der Waals surface area contributed by atoms with Gasteiger partial charge in [0.2, 0.25) is 5.95 Å². The Balaban J connectivity index is 1.89. The molecule has 10 heteroatoms. The van der Waals surface area contributed by atoms with Crippen LogP contribution in [0.2, 0.25) is 0 Å². The topological polar surface area (TPSA) is 129 Å². The van der Waals surface area contributed by atoms with Gasteiger partial charge in [0, 0.05) is 13.1 Å². The summed E-state index contributed by atoms with van der Waals surface area (Å²) < 4.78 is 13.3. The van der Waals surface area contributed by atoms with Gasteiger partial charge >= 0.3 is 0 Å². The number of aromatic nitrogens is 4. The summed E-state index contributed by atoms with van der Waals surface area (Å²) in [6, 6.07) is 4.10. The lowest BCUT2D eigenvalue weighted by atomic mass is 10.1. The minimum absolute atomic E-state index is 0.222. The van der Waals surface area contributed by atoms with E-state index in [0.717, 1.165) is 61.5 Å². The van der Waals surface area contributed by atoms with Gasteiger partial charge in [0.25, 0.3) is 0 Å². The summed E-state index contributed by atoms with van der Waals surface area (Å²) in [5.74, 6) is 2.38. The molecule has 0 unspecified atom stereocenters. The average molecular weight is 457 g/mol. The molecule has 0 fully saturated rings. The normalized spacial score (nSPS) is 11.3. The lowest BCUT2D eigenvalue weighted by Crippen LogP contribution is -2.21. The molecule has 0 saturated heterocycles. The molecule has 2 aromatic heterocycles. The zero-order valence-corrected chi connectivity index (χ0v) is 20.1. The molecule has 3 aromatic rings. The van der Waals surface area contributed by atoms with Crippen LogP contribution < -0.4 is 26.3 Å². The minimum atomic E-state index is 0.222. The van der Waals surface area contributed by atoms with E-state index in [2.05, 4.69) is 46.3 Å². The number of benzene rings is 1. The Hall–Kier alpha value is -3.11. The van der Waals surface area contributed by atoms with Crippen LogP contribution in [-0.2, 0) is 13.1 Å². The lowest BCUT2D eigenvalue weighted by molar-refractivity contribution is 0.321. The molecule has 1 aromatic carbocycles. The largest absolute Gasteiger partial charge is 0.496 e. The zero-order valence-electron chi connectivity index (χ0n) is 20.1. The van der Waals surface area contributed by atoms with Crippen LogP contribution >= 0.6 is 0 Å². The molecule has 0 radical (unpaired) electrons. The predicted molar refractivity (Wildman–Crippen MR) is 132 cm³/mol. The standard InChI is InChI=1S/C23H36N8O2/c1-5-6-9-26-22-21-18(27-23(25)28-22)15-31(29-21)14-17-19(32-3)11-16(12-20(17)33-4)13-30(2)10-7-8-24/h11-12,15H,5-10,13-14,24H2,1-4H3,(H3,25,26,27,28). The van der Waals surface area contributed by atoms with E-state index in [9.17, 15) is 0 Å². The second kappa shape index (κ2) is 11.7. The van der Waals surface area contributed by atoms with Crippen LogP contribution in [0.25, 0.3) is 11.0 Å². The highest BCUT2D eigenvalue weighted by Crippen LogP contribution is 2.32. The van der Waals surface area contributed by atoms with Crippen molar-refractivity contribution in [3.05, 3.63) is 29.5 Å². The van der Waals surface area contributed by atoms with Gasteiger partial charge in [-0.15, -0.1) is 0 Å². The van der Waals surface area contributed by atoms with Crippen LogP contribution in [0, 0.1) is 0 Å². The van der Waals surface area contributed by atoms with Gasteiger partial charge in [0.15, 0.2) is 11.3 Å². The van der Waals surface area contributed by atoms with Gasteiger partial charge in [-0.3, -0.25) is 4.68 Å². The molecule has 2 heterocycles. The van der Waals surface area contributed by atoms with E-state index in [1.165, 1.54) is 0 Å². The second-order valence-corrected chi connectivity index (χ2v) is 8.13. The molecular formula is C23H36N8O2. The van der Waals surface area contributed by atoms with E-state index in [0.29, 0.717) is 29.9 Å². The summed E-state index contributed by atoms with van der Waals surface area (Å²) in [5, 5.41) is 8.05. The van der Waals surface area contributed by atoms with Crippen molar-refractivity contribution in [2.75, 3.05) is 52.0 Å². The number of hydrogen-bond acceptors (Lipinski definition) is 9. The quantitative estimate of drug-likeness (QED) is 0.332. The van der Waals surface area contributed by atoms with Gasteiger partial charge in [-0.25, -0.2) is 4.98 Å². The number of anilines is 2. The maximum absolute atomic E-state index is 5.92. The van der Waals surface area contributed by atoms with Crippen LogP contribution in [0.4, 0.5) is 11.8 Å². The lowest BCUT2D eigenvalue weighted by Gasteiger charge is -2.19. The van der Waals surface area contributed by atoms with E-state index >= 15 is 0 Å². The first-order valence-electron chi connectivity index (χ1n) is 11.4. The first-order valence-corrected chi connectivity index (χ1v) is 11.4. The van der Waals surface area contributed by atoms with Crippen LogP contribution in [0.5, 0.6) is 11.5 Å². The smallest absolute Gasteiger partial charge is 0.222 e. The number of nitrogens with one attached hydrogen (secondary N) is 1. The Kier molecular flexibility index (Phi) is 8.67. The molecular weight excluding hydrogens is 420 g/mol. The van der Waals surface area contributed by atoms with Crippen LogP contribution in [-0.4, -0.2) is 65.5 Å². The van der Waals surface area contributed by atoms with Crippen molar-refractivity contribution in [3.63, 3.8) is 0 Å². The number of nitrogens with zero attached hydrogens (tertiary/aromatic N) is 5. The molecule has 180 valence electrons. The Morgan fingerprint density at radius 1 is 1.12 bits per heavy atom. The fraction of sp³-hybridized carbons (Fsp3) is 0.522. The number of nitrogen functional groups attached to an aromatic ring is 1. The van der Waals surface area contributed by atoms with E-state index in [-0.39, 0.29) is 5.95 Å². The molecule has 10 nitrogen and oxygen atoms in total. The maximum atomic E-state index is 5.92. The molecule has 0 bridgehead atoms. The highest BCUT2D eigenvalue weighted by molar-refractivity contribution is 5.85. The molecule has 0 atom stereocenters. The fourth-order valence-corrected chi connectivity index (χ4v) is 3.76. The summed E-state index contributed by atoms with van der Waals surface area (Å²) in [5.41, 5.74) is 15.0. The monoisotopic (exact) mass is 456 g/mol. The second-order valence-electron chi connectivity index (χ2n) is 8.13. The van der Waals surface area contributed by atoms with Crippen LogP contribution in [0.3, 0.4) is 0 Å². The molecule has 5 N–H and O–H groups in total. The number of unbranched alkanes of at least 4 members (excludes halogenated alkanes) is 1. The molecule has 0 aliphatic heterocycles. The van der Waals surface area contributed by atoms with Crippen molar-refractivity contribution in [2.45, 2.75) is 39.3 Å². The Morgan fingerprint density at radius 2 is 1.85 bits per heavy atom. The number of rotatable bonds is 13. The van der Waals surface area contributed by atoms with Gasteiger partial charge in [0.05, 0.1) is 32.5 Å². The van der Waals surface area contributed by atoms with Gasteiger partial charge in [-0.2, -0.15) is 10.1 Å². The summed E-state index contributed by atoms with van der Waals surface area (Å²) in [7, 11) is 5.42. The maximum Gasteiger partial charge on any atom is 0.222 e. The van der Waals surface area contributed by atoms with Crippen LogP contribution in [0.15, 0.2) is 18.3 Å². The molecule has 0 amide bonds. The number of fused-ring (bicyclic) bond motifs is 1. The number of hydrogen-bond donors (Lipinski definition) is 3. The van der Waals surface area contributed by atoms with Crippen molar-refractivity contribution in [2.24, 2.45) is 5.73 Å². The van der Waals surface area contributed by atoms with Gasteiger partial charge in [0.1, 0.15) is 17.0 Å². The summed E-state index contributed by atoms with van der Waals surface area (Å²) in [4.78, 5) is 10.9. The Labute approximate surface area is 195 Å². The van der Waals surface area contributed by atoms with Crippen molar-refractivity contribution >= 4 is 22.8 Å². The molecule has 0 aliphatic carbocycles. The Bertz CT molecular complexity index is 1030. The molecule has 33 heavy (non-hydrogen) atoms. The zero-order chi connectivity index (χ0) is 23.8. The molecule has 0 saturated carbocycles. The third-order valence-electron chi connectivity index (χ3n) is 5.44. The summed E-state index contributed by atoms with van der Waals surface area (Å²) in [6.07, 6.45) is 4.95. The first-order chi connectivity index (χ1) is 16.0. The SMILES string of the molecule is CCCCNc1nc(N)nc2cn(Cc3c(OC)cc(CN(C)CCCN)cc3OC)nc12. The van der Waals surface area contributed by atoms with Crippen molar-refractivity contribution in [1.82, 2.24) is 24.6 Å². The van der Waals surface area contributed by atoms with E-state index in [1.807, 2.05) is 10.9 Å². The van der Waals surface area contributed by atoms with E-state index < -0.39 is 0 Å². The van der Waals surface area contributed by atoms with E-state index in [1.54, 1.807) is 14.2 Å². The van der Waals surface area contributed by atoms with Gasteiger partial charge in [-0.05, 0) is 50.7 Å². The third-order valence-corrected chi connectivity index (χ3v) is 5.44. The Morgan fingerprint density at radius 3 is 2.48 bits per heavy atom. The first kappa shape index (κ1) is 24.5. The predicted octanol–water partition coefficient (Wildman–Crippen LogP) is 2.47. The number of methoxy groups -OCH3 is 2. The van der Waals surface area contributed by atoms with Gasteiger partial charge in [-0.1, -0.05) is 13.3 Å². The van der Waals surface area contributed by atoms with Crippen molar-refractivity contribution in [3.8, 4) is 11.5 Å². The fourth-order valence-electron chi connectivity index (χ4n) is 3.76. The summed E-state index contributed by atoms with van der Waals surface area (Å²) >= 11 is 0. The van der Waals surface area contributed by atoms with Crippen molar-refractivity contribution in [1.29, 1.82) is 0 Å². The summed E-state index contributed by atoms with van der Waals surface area (Å²) in [6.45, 7) is 5.80. The highest BCUT2D eigenvalue weighted by atomic mass is 16.5. The molecule has 3 rings (SSSR count). The van der Waals surface area contributed by atoms with Crippen LogP contribution in [0.1, 0.15) is 37.3 Å². The molecule has 0 spiro atoms.